The van der Waals surface area contributed by atoms with Gasteiger partial charge >= 0.3 is 0 Å². The molecular weight excluding hydrogens is 404 g/mol. The van der Waals surface area contributed by atoms with Crippen LogP contribution in [-0.4, -0.2) is 56.8 Å². The first-order valence-corrected chi connectivity index (χ1v) is 10.1. The molecule has 4 aromatic rings. The summed E-state index contributed by atoms with van der Waals surface area (Å²) in [7, 11) is 0. The maximum absolute atomic E-state index is 12.7. The summed E-state index contributed by atoms with van der Waals surface area (Å²) in [6.45, 7) is 2.67. The third kappa shape index (κ3) is 3.50. The molecule has 4 heterocycles. The van der Waals surface area contributed by atoms with E-state index < -0.39 is 0 Å². The van der Waals surface area contributed by atoms with Gasteiger partial charge in [0, 0.05) is 31.2 Å². The van der Waals surface area contributed by atoms with Gasteiger partial charge in [-0.15, -0.1) is 15.3 Å². The molecule has 0 atom stereocenters. The first-order valence-electron chi connectivity index (χ1n) is 9.71. The number of hydrogen-bond acceptors (Lipinski definition) is 6. The Morgan fingerprint density at radius 1 is 1.00 bits per heavy atom. The lowest BCUT2D eigenvalue weighted by Crippen LogP contribution is -2.49. The summed E-state index contributed by atoms with van der Waals surface area (Å²) in [5, 5.41) is 13.7. The molecule has 1 aromatic carbocycles. The number of carbonyl (C=O) groups is 1. The number of hydrogen-bond donors (Lipinski definition) is 0. The molecule has 0 radical (unpaired) electrons. The highest BCUT2D eigenvalue weighted by atomic mass is 35.5. The van der Waals surface area contributed by atoms with E-state index in [-0.39, 0.29) is 5.91 Å². The molecule has 0 unspecified atom stereocenters. The lowest BCUT2D eigenvalue weighted by molar-refractivity contribution is -0.130. The van der Waals surface area contributed by atoms with Gasteiger partial charge in [0.05, 0.1) is 12.7 Å². The highest BCUT2D eigenvalue weighted by molar-refractivity contribution is 6.31. The van der Waals surface area contributed by atoms with E-state index in [1.165, 1.54) is 0 Å². The van der Waals surface area contributed by atoms with Gasteiger partial charge in [-0.1, -0.05) is 29.8 Å². The molecule has 0 spiro atoms. The Morgan fingerprint density at radius 2 is 1.83 bits per heavy atom. The van der Waals surface area contributed by atoms with E-state index in [1.807, 2.05) is 47.4 Å². The third-order valence-corrected chi connectivity index (χ3v) is 5.61. The minimum atomic E-state index is 0.0880. The highest BCUT2D eigenvalue weighted by Crippen LogP contribution is 2.21. The second kappa shape index (κ2) is 7.79. The number of anilines is 1. The van der Waals surface area contributed by atoms with Crippen molar-refractivity contribution in [3.05, 3.63) is 65.4 Å². The normalized spacial score (nSPS) is 14.4. The van der Waals surface area contributed by atoms with Crippen LogP contribution < -0.4 is 4.90 Å². The maximum Gasteiger partial charge on any atom is 0.227 e. The first kappa shape index (κ1) is 18.6. The Balaban J connectivity index is 1.28. The maximum atomic E-state index is 12.7. The molecule has 8 nitrogen and oxygen atoms in total. The second-order valence-corrected chi connectivity index (χ2v) is 7.51. The fourth-order valence-corrected chi connectivity index (χ4v) is 3.81. The smallest absolute Gasteiger partial charge is 0.227 e. The van der Waals surface area contributed by atoms with Crippen LogP contribution in [0.3, 0.4) is 0 Å². The van der Waals surface area contributed by atoms with E-state index in [1.54, 1.807) is 16.8 Å². The van der Waals surface area contributed by atoms with Gasteiger partial charge in [-0.3, -0.25) is 4.79 Å². The molecule has 1 fully saturated rings. The zero-order valence-corrected chi connectivity index (χ0v) is 16.9. The number of fused-ring (bicyclic) bond motifs is 1. The van der Waals surface area contributed by atoms with Crippen LogP contribution >= 0.6 is 11.6 Å². The topological polar surface area (TPSA) is 79.8 Å². The SMILES string of the molecule is O=C(Cc1ccccc1Cl)N1CCN(c2ccc3nnc(-c4ccco4)n3n2)CC1. The molecule has 0 N–H and O–H groups in total. The molecule has 9 heteroatoms. The largest absolute Gasteiger partial charge is 0.461 e. The van der Waals surface area contributed by atoms with E-state index >= 15 is 0 Å². The number of benzene rings is 1. The van der Waals surface area contributed by atoms with Crippen molar-refractivity contribution in [3.63, 3.8) is 0 Å². The molecule has 0 bridgehead atoms. The van der Waals surface area contributed by atoms with E-state index in [2.05, 4.69) is 15.1 Å². The summed E-state index contributed by atoms with van der Waals surface area (Å²) in [5.41, 5.74) is 1.51. The first-order chi connectivity index (χ1) is 14.7. The molecule has 0 aliphatic carbocycles. The Labute approximate surface area is 177 Å². The second-order valence-electron chi connectivity index (χ2n) is 7.10. The predicted molar refractivity (Wildman–Crippen MR) is 112 cm³/mol. The van der Waals surface area contributed by atoms with Crippen molar-refractivity contribution in [1.29, 1.82) is 0 Å². The Morgan fingerprint density at radius 3 is 2.60 bits per heavy atom. The standard InChI is InChI=1S/C21H19ClN6O2/c22-16-5-2-1-4-15(16)14-20(29)27-11-9-26(10-12-27)19-8-7-18-23-24-21(28(18)25-19)17-6-3-13-30-17/h1-8,13H,9-12,14H2. The van der Waals surface area contributed by atoms with Crippen LogP contribution in [0.1, 0.15) is 5.56 Å². The van der Waals surface area contributed by atoms with E-state index in [0.29, 0.717) is 54.9 Å². The van der Waals surface area contributed by atoms with Gasteiger partial charge in [-0.05, 0) is 35.9 Å². The highest BCUT2D eigenvalue weighted by Gasteiger charge is 2.23. The molecular formula is C21H19ClN6O2. The number of amides is 1. The van der Waals surface area contributed by atoms with Crippen LogP contribution in [0.25, 0.3) is 17.2 Å². The van der Waals surface area contributed by atoms with Crippen molar-refractivity contribution in [2.75, 3.05) is 31.1 Å². The van der Waals surface area contributed by atoms with Gasteiger partial charge in [0.2, 0.25) is 11.7 Å². The van der Waals surface area contributed by atoms with Crippen molar-refractivity contribution < 1.29 is 9.21 Å². The summed E-state index contributed by atoms with van der Waals surface area (Å²) in [4.78, 5) is 16.7. The number of aromatic nitrogens is 4. The Hall–Kier alpha value is -3.39. The molecule has 5 rings (SSSR count). The van der Waals surface area contributed by atoms with Gasteiger partial charge in [-0.2, -0.15) is 4.52 Å². The number of rotatable bonds is 4. The quantitative estimate of drug-likeness (QED) is 0.503. The van der Waals surface area contributed by atoms with E-state index in [4.69, 9.17) is 21.1 Å². The third-order valence-electron chi connectivity index (χ3n) is 5.25. The van der Waals surface area contributed by atoms with Crippen molar-refractivity contribution in [1.82, 2.24) is 24.7 Å². The molecule has 30 heavy (non-hydrogen) atoms. The fraction of sp³-hybridized carbons (Fsp3) is 0.238. The molecule has 3 aromatic heterocycles. The van der Waals surface area contributed by atoms with Gasteiger partial charge in [0.25, 0.3) is 0 Å². The zero-order chi connectivity index (χ0) is 20.5. The minimum absolute atomic E-state index is 0.0880. The molecule has 0 saturated carbocycles. The van der Waals surface area contributed by atoms with Gasteiger partial charge in [0.15, 0.2) is 11.4 Å². The summed E-state index contributed by atoms with van der Waals surface area (Å²) < 4.78 is 7.12. The lowest BCUT2D eigenvalue weighted by Gasteiger charge is -2.35. The van der Waals surface area contributed by atoms with Crippen LogP contribution in [0.5, 0.6) is 0 Å². The molecule has 1 aliphatic heterocycles. The van der Waals surface area contributed by atoms with Crippen LogP contribution in [0.4, 0.5) is 5.82 Å². The van der Waals surface area contributed by atoms with Gasteiger partial charge in [0.1, 0.15) is 5.82 Å². The van der Waals surface area contributed by atoms with Gasteiger partial charge in [-0.25, -0.2) is 0 Å². The Kier molecular flexibility index (Phi) is 4.84. The summed E-state index contributed by atoms with van der Waals surface area (Å²) >= 11 is 6.19. The lowest BCUT2D eigenvalue weighted by atomic mass is 10.1. The molecule has 1 saturated heterocycles. The minimum Gasteiger partial charge on any atom is -0.461 e. The monoisotopic (exact) mass is 422 g/mol. The number of nitrogens with zero attached hydrogens (tertiary/aromatic N) is 6. The van der Waals surface area contributed by atoms with Crippen molar-refractivity contribution in [3.8, 4) is 11.6 Å². The van der Waals surface area contributed by atoms with E-state index in [0.717, 1.165) is 11.4 Å². The summed E-state index contributed by atoms with van der Waals surface area (Å²) in [6.07, 6.45) is 1.91. The van der Waals surface area contributed by atoms with Gasteiger partial charge < -0.3 is 14.2 Å². The average molecular weight is 423 g/mol. The van der Waals surface area contributed by atoms with Crippen LogP contribution in [0, 0.1) is 0 Å². The number of furan rings is 1. The average Bonchev–Trinajstić information content (AvgIpc) is 3.44. The van der Waals surface area contributed by atoms with E-state index in [9.17, 15) is 4.79 Å². The van der Waals surface area contributed by atoms with Crippen LogP contribution in [-0.2, 0) is 11.2 Å². The van der Waals surface area contributed by atoms with Crippen molar-refractivity contribution in [2.45, 2.75) is 6.42 Å². The molecule has 1 aliphatic rings. The summed E-state index contributed by atoms with van der Waals surface area (Å²) in [6, 6.07) is 14.9. The fourth-order valence-electron chi connectivity index (χ4n) is 3.61. The molecule has 152 valence electrons. The Bertz CT molecular complexity index is 1180. The molecule has 1 amide bonds. The zero-order valence-electron chi connectivity index (χ0n) is 16.1. The number of halogens is 1. The van der Waals surface area contributed by atoms with Crippen molar-refractivity contribution in [2.24, 2.45) is 0 Å². The predicted octanol–water partition coefficient (Wildman–Crippen LogP) is 2.93. The number of carbonyl (C=O) groups excluding carboxylic acids is 1. The summed E-state index contributed by atoms with van der Waals surface area (Å²) in [5.74, 6) is 2.07. The van der Waals surface area contributed by atoms with Crippen molar-refractivity contribution >= 4 is 29.0 Å². The van der Waals surface area contributed by atoms with Crippen LogP contribution in [0.15, 0.2) is 59.2 Å². The van der Waals surface area contributed by atoms with Crippen LogP contribution in [0.2, 0.25) is 5.02 Å². The number of piperazine rings is 1.